The monoisotopic (exact) mass is 271 g/mol. The standard InChI is InChI=1S/C15H21N5/c1-11-9-14-15(16-5-8-20(14)18-11)17-12-4-7-19-6-2-3-13(19)10-12/h5,8-9,12-13H,2-4,6-7,10H2,1H3,(H,16,17). The van der Waals surface area contributed by atoms with Gasteiger partial charge in [-0.25, -0.2) is 9.50 Å². The summed E-state index contributed by atoms with van der Waals surface area (Å²) in [6.45, 7) is 4.55. The van der Waals surface area contributed by atoms with Gasteiger partial charge in [0, 0.05) is 31.0 Å². The van der Waals surface area contributed by atoms with Gasteiger partial charge in [-0.05, 0) is 45.2 Å². The molecule has 0 radical (unpaired) electrons. The van der Waals surface area contributed by atoms with Crippen molar-refractivity contribution in [1.29, 1.82) is 0 Å². The molecule has 4 heterocycles. The lowest BCUT2D eigenvalue weighted by molar-refractivity contribution is 0.188. The second-order valence-electron chi connectivity index (χ2n) is 6.09. The molecule has 0 amide bonds. The largest absolute Gasteiger partial charge is 0.365 e. The maximum absolute atomic E-state index is 4.51. The van der Waals surface area contributed by atoms with Gasteiger partial charge in [-0.3, -0.25) is 0 Å². The Hall–Kier alpha value is -1.62. The third-order valence-corrected chi connectivity index (χ3v) is 4.67. The van der Waals surface area contributed by atoms with E-state index in [9.17, 15) is 0 Å². The Bertz CT molecular complexity index is 620. The van der Waals surface area contributed by atoms with Crippen molar-refractivity contribution in [1.82, 2.24) is 19.5 Å². The minimum absolute atomic E-state index is 0.545. The average Bonchev–Trinajstić information content (AvgIpc) is 3.04. The van der Waals surface area contributed by atoms with Gasteiger partial charge in [-0.15, -0.1) is 0 Å². The minimum Gasteiger partial charge on any atom is -0.365 e. The molecule has 2 saturated heterocycles. The Kier molecular flexibility index (Phi) is 2.88. The summed E-state index contributed by atoms with van der Waals surface area (Å²) in [5, 5.41) is 8.10. The van der Waals surface area contributed by atoms with Crippen molar-refractivity contribution in [3.8, 4) is 0 Å². The third-order valence-electron chi connectivity index (χ3n) is 4.67. The highest BCUT2D eigenvalue weighted by Crippen LogP contribution is 2.28. The molecule has 2 aliphatic heterocycles. The first-order valence-electron chi connectivity index (χ1n) is 7.61. The van der Waals surface area contributed by atoms with Crippen LogP contribution in [0.2, 0.25) is 0 Å². The van der Waals surface area contributed by atoms with Gasteiger partial charge in [0.1, 0.15) is 5.52 Å². The molecule has 0 spiro atoms. The van der Waals surface area contributed by atoms with E-state index in [-0.39, 0.29) is 0 Å². The minimum atomic E-state index is 0.545. The molecule has 0 saturated carbocycles. The van der Waals surface area contributed by atoms with Crippen LogP contribution in [0.15, 0.2) is 18.5 Å². The van der Waals surface area contributed by atoms with Gasteiger partial charge in [0.05, 0.1) is 5.69 Å². The molecule has 0 aromatic carbocycles. The van der Waals surface area contributed by atoms with Crippen LogP contribution in [0.1, 0.15) is 31.4 Å². The van der Waals surface area contributed by atoms with E-state index in [4.69, 9.17) is 0 Å². The number of aromatic nitrogens is 3. The number of hydrogen-bond donors (Lipinski definition) is 1. The molecule has 2 atom stereocenters. The van der Waals surface area contributed by atoms with E-state index < -0.39 is 0 Å². The van der Waals surface area contributed by atoms with Crippen LogP contribution < -0.4 is 5.32 Å². The first-order valence-corrected chi connectivity index (χ1v) is 7.61. The lowest BCUT2D eigenvalue weighted by Crippen LogP contribution is -2.42. The van der Waals surface area contributed by atoms with Gasteiger partial charge in [0.15, 0.2) is 5.82 Å². The molecule has 0 bridgehead atoms. The molecule has 2 unspecified atom stereocenters. The first-order chi connectivity index (χ1) is 9.79. The summed E-state index contributed by atoms with van der Waals surface area (Å²) in [6, 6.07) is 3.43. The van der Waals surface area contributed by atoms with E-state index in [1.165, 1.54) is 38.8 Å². The molecule has 2 aromatic heterocycles. The van der Waals surface area contributed by atoms with Gasteiger partial charge < -0.3 is 10.2 Å². The summed E-state index contributed by atoms with van der Waals surface area (Å²) in [4.78, 5) is 7.16. The molecule has 106 valence electrons. The van der Waals surface area contributed by atoms with Gasteiger partial charge in [0.2, 0.25) is 0 Å². The van der Waals surface area contributed by atoms with Crippen LogP contribution in [0.25, 0.3) is 5.52 Å². The Morgan fingerprint density at radius 2 is 2.25 bits per heavy atom. The van der Waals surface area contributed by atoms with Crippen molar-refractivity contribution in [2.45, 2.75) is 44.7 Å². The Balaban J connectivity index is 1.55. The number of nitrogens with zero attached hydrogens (tertiary/aromatic N) is 4. The highest BCUT2D eigenvalue weighted by atomic mass is 15.2. The van der Waals surface area contributed by atoms with Crippen LogP contribution >= 0.6 is 0 Å². The zero-order valence-electron chi connectivity index (χ0n) is 11.9. The Labute approximate surface area is 119 Å². The summed E-state index contributed by atoms with van der Waals surface area (Å²) < 4.78 is 1.91. The van der Waals surface area contributed by atoms with Crippen molar-refractivity contribution in [2.75, 3.05) is 18.4 Å². The normalized spacial score (nSPS) is 26.9. The fourth-order valence-electron chi connectivity index (χ4n) is 3.70. The van der Waals surface area contributed by atoms with E-state index in [0.717, 1.165) is 23.1 Å². The van der Waals surface area contributed by atoms with E-state index >= 15 is 0 Å². The van der Waals surface area contributed by atoms with Crippen LogP contribution in [0.3, 0.4) is 0 Å². The zero-order valence-corrected chi connectivity index (χ0v) is 11.9. The predicted molar refractivity (Wildman–Crippen MR) is 79.0 cm³/mol. The number of fused-ring (bicyclic) bond motifs is 2. The number of piperidine rings is 1. The molecular formula is C15H21N5. The zero-order chi connectivity index (χ0) is 13.5. The summed E-state index contributed by atoms with van der Waals surface area (Å²) in [5.74, 6) is 0.976. The van der Waals surface area contributed by atoms with Crippen molar-refractivity contribution >= 4 is 11.3 Å². The van der Waals surface area contributed by atoms with E-state index in [1.807, 2.05) is 23.8 Å². The van der Waals surface area contributed by atoms with Crippen molar-refractivity contribution in [2.24, 2.45) is 0 Å². The fourth-order valence-corrected chi connectivity index (χ4v) is 3.70. The molecular weight excluding hydrogens is 250 g/mol. The predicted octanol–water partition coefficient (Wildman–Crippen LogP) is 2.08. The third kappa shape index (κ3) is 2.06. The first kappa shape index (κ1) is 12.1. The smallest absolute Gasteiger partial charge is 0.152 e. The molecule has 2 aromatic rings. The number of aryl methyl sites for hydroxylation is 1. The highest BCUT2D eigenvalue weighted by Gasteiger charge is 2.31. The second kappa shape index (κ2) is 4.74. The van der Waals surface area contributed by atoms with Crippen LogP contribution in [-0.2, 0) is 0 Å². The van der Waals surface area contributed by atoms with Crippen molar-refractivity contribution < 1.29 is 0 Å². The van der Waals surface area contributed by atoms with Gasteiger partial charge in [-0.1, -0.05) is 0 Å². The lowest BCUT2D eigenvalue weighted by atomic mass is 9.97. The number of hydrogen-bond acceptors (Lipinski definition) is 4. The summed E-state index contributed by atoms with van der Waals surface area (Å²) in [7, 11) is 0. The van der Waals surface area contributed by atoms with E-state index in [0.29, 0.717) is 6.04 Å². The van der Waals surface area contributed by atoms with E-state index in [2.05, 4.69) is 26.4 Å². The number of anilines is 1. The molecule has 4 rings (SSSR count). The quantitative estimate of drug-likeness (QED) is 0.908. The summed E-state index contributed by atoms with van der Waals surface area (Å²) in [5.41, 5.74) is 2.12. The highest BCUT2D eigenvalue weighted by molar-refractivity contribution is 5.68. The molecule has 0 aliphatic carbocycles. The molecule has 5 heteroatoms. The molecule has 5 nitrogen and oxygen atoms in total. The van der Waals surface area contributed by atoms with Gasteiger partial charge >= 0.3 is 0 Å². The van der Waals surface area contributed by atoms with Gasteiger partial charge in [-0.2, -0.15) is 5.10 Å². The molecule has 20 heavy (non-hydrogen) atoms. The maximum Gasteiger partial charge on any atom is 0.152 e. The van der Waals surface area contributed by atoms with Gasteiger partial charge in [0.25, 0.3) is 0 Å². The average molecular weight is 271 g/mol. The Morgan fingerprint density at radius 3 is 3.20 bits per heavy atom. The van der Waals surface area contributed by atoms with E-state index in [1.54, 1.807) is 0 Å². The number of rotatable bonds is 2. The van der Waals surface area contributed by atoms with Crippen LogP contribution in [0.5, 0.6) is 0 Å². The Morgan fingerprint density at radius 1 is 1.30 bits per heavy atom. The molecule has 1 N–H and O–H groups in total. The molecule has 2 aliphatic rings. The van der Waals surface area contributed by atoms with Crippen LogP contribution in [0, 0.1) is 6.92 Å². The van der Waals surface area contributed by atoms with Crippen LogP contribution in [0.4, 0.5) is 5.82 Å². The SMILES string of the molecule is Cc1cc2c(NC3CCN4CCCC4C3)nccn2n1. The lowest BCUT2D eigenvalue weighted by Gasteiger charge is -2.35. The number of nitrogens with one attached hydrogen (secondary N) is 1. The summed E-state index contributed by atoms with van der Waals surface area (Å²) in [6.07, 6.45) is 8.93. The topological polar surface area (TPSA) is 45.5 Å². The summed E-state index contributed by atoms with van der Waals surface area (Å²) >= 11 is 0. The van der Waals surface area contributed by atoms with Crippen molar-refractivity contribution in [3.63, 3.8) is 0 Å². The maximum atomic E-state index is 4.51. The molecule has 2 fully saturated rings. The van der Waals surface area contributed by atoms with Crippen LogP contribution in [-0.4, -0.2) is 44.7 Å². The van der Waals surface area contributed by atoms with Crippen molar-refractivity contribution in [3.05, 3.63) is 24.2 Å². The fraction of sp³-hybridized carbons (Fsp3) is 0.600. The second-order valence-corrected chi connectivity index (χ2v) is 6.09.